The van der Waals surface area contributed by atoms with Crippen molar-refractivity contribution in [2.75, 3.05) is 19.6 Å². The first-order chi connectivity index (χ1) is 9.61. The number of hydrogen-bond acceptors (Lipinski definition) is 4. The number of likely N-dealkylation sites (tertiary alicyclic amines) is 1. The van der Waals surface area contributed by atoms with Gasteiger partial charge in [-0.3, -0.25) is 15.0 Å². The van der Waals surface area contributed by atoms with Crippen LogP contribution in [0.1, 0.15) is 25.3 Å². The van der Waals surface area contributed by atoms with E-state index in [1.54, 1.807) is 12.1 Å². The first kappa shape index (κ1) is 15.2. The summed E-state index contributed by atoms with van der Waals surface area (Å²) in [6, 6.07) is 5.13. The molecule has 1 aromatic carbocycles. The summed E-state index contributed by atoms with van der Waals surface area (Å²) in [6.45, 7) is 5.88. The summed E-state index contributed by atoms with van der Waals surface area (Å²) < 4.78 is 0. The fourth-order valence-corrected chi connectivity index (χ4v) is 2.91. The second-order valence-electron chi connectivity index (χ2n) is 5.09. The maximum Gasteiger partial charge on any atom is 0.269 e. The summed E-state index contributed by atoms with van der Waals surface area (Å²) in [5.74, 6) is 0. The third-order valence-electron chi connectivity index (χ3n) is 3.84. The minimum Gasteiger partial charge on any atom is -0.311 e. The molecule has 6 heteroatoms. The van der Waals surface area contributed by atoms with Crippen molar-refractivity contribution in [2.45, 2.75) is 32.4 Å². The number of nitro groups is 1. The van der Waals surface area contributed by atoms with Crippen LogP contribution in [0.4, 0.5) is 5.69 Å². The van der Waals surface area contributed by atoms with E-state index in [9.17, 15) is 10.1 Å². The van der Waals surface area contributed by atoms with E-state index in [1.807, 2.05) is 0 Å². The van der Waals surface area contributed by atoms with Crippen LogP contribution in [0.15, 0.2) is 18.2 Å². The topological polar surface area (TPSA) is 58.4 Å². The molecule has 1 heterocycles. The van der Waals surface area contributed by atoms with E-state index >= 15 is 0 Å². The molecule has 1 aliphatic heterocycles. The van der Waals surface area contributed by atoms with Gasteiger partial charge in [0, 0.05) is 36.3 Å². The average Bonchev–Trinajstić information content (AvgIpc) is 2.88. The summed E-state index contributed by atoms with van der Waals surface area (Å²) in [7, 11) is 0. The Bertz CT molecular complexity index is 481. The molecule has 1 aliphatic rings. The molecule has 20 heavy (non-hydrogen) atoms. The van der Waals surface area contributed by atoms with Crippen molar-refractivity contribution < 1.29 is 4.92 Å². The van der Waals surface area contributed by atoms with Crippen molar-refractivity contribution >= 4 is 17.3 Å². The Morgan fingerprint density at radius 3 is 3.05 bits per heavy atom. The Balaban J connectivity index is 1.90. The zero-order valence-electron chi connectivity index (χ0n) is 11.6. The Morgan fingerprint density at radius 2 is 2.35 bits per heavy atom. The van der Waals surface area contributed by atoms with E-state index in [-0.39, 0.29) is 5.69 Å². The van der Waals surface area contributed by atoms with Crippen LogP contribution in [0.2, 0.25) is 5.02 Å². The number of nitrogens with one attached hydrogen (secondary N) is 1. The Morgan fingerprint density at radius 1 is 1.55 bits per heavy atom. The molecule has 0 saturated carbocycles. The number of halogens is 1. The van der Waals surface area contributed by atoms with Crippen LogP contribution < -0.4 is 5.32 Å². The number of nitro benzene ring substituents is 1. The Labute approximate surface area is 124 Å². The molecule has 0 aromatic heterocycles. The SMILES string of the molecule is CCN1CCCC1CNCc1cc([N+](=O)[O-])ccc1Cl. The van der Waals surface area contributed by atoms with Crippen LogP contribution in [-0.4, -0.2) is 35.5 Å². The smallest absolute Gasteiger partial charge is 0.269 e. The van der Waals surface area contributed by atoms with Gasteiger partial charge < -0.3 is 5.32 Å². The van der Waals surface area contributed by atoms with Gasteiger partial charge in [-0.25, -0.2) is 0 Å². The number of benzene rings is 1. The van der Waals surface area contributed by atoms with Crippen molar-refractivity contribution in [1.29, 1.82) is 0 Å². The maximum atomic E-state index is 10.8. The van der Waals surface area contributed by atoms with Crippen LogP contribution in [0.3, 0.4) is 0 Å². The quantitative estimate of drug-likeness (QED) is 0.648. The average molecular weight is 298 g/mol. The van der Waals surface area contributed by atoms with E-state index in [4.69, 9.17) is 11.6 Å². The van der Waals surface area contributed by atoms with Gasteiger partial charge in [-0.05, 0) is 37.6 Å². The highest BCUT2D eigenvalue weighted by Crippen LogP contribution is 2.22. The molecule has 5 nitrogen and oxygen atoms in total. The van der Waals surface area contributed by atoms with E-state index in [2.05, 4.69) is 17.1 Å². The molecule has 1 unspecified atom stereocenters. The van der Waals surface area contributed by atoms with Gasteiger partial charge >= 0.3 is 0 Å². The highest BCUT2D eigenvalue weighted by Gasteiger charge is 2.22. The first-order valence-corrected chi connectivity index (χ1v) is 7.37. The van der Waals surface area contributed by atoms with Crippen molar-refractivity contribution in [3.8, 4) is 0 Å². The second kappa shape index (κ2) is 7.02. The largest absolute Gasteiger partial charge is 0.311 e. The van der Waals surface area contributed by atoms with Gasteiger partial charge in [-0.15, -0.1) is 0 Å². The van der Waals surface area contributed by atoms with Gasteiger partial charge in [0.2, 0.25) is 0 Å². The minimum atomic E-state index is -0.393. The second-order valence-corrected chi connectivity index (χ2v) is 5.50. The maximum absolute atomic E-state index is 10.8. The lowest BCUT2D eigenvalue weighted by molar-refractivity contribution is -0.384. The zero-order valence-corrected chi connectivity index (χ0v) is 12.4. The molecule has 0 radical (unpaired) electrons. The van der Waals surface area contributed by atoms with Gasteiger partial charge in [-0.1, -0.05) is 18.5 Å². The van der Waals surface area contributed by atoms with Crippen molar-refractivity contribution in [2.24, 2.45) is 0 Å². The lowest BCUT2D eigenvalue weighted by atomic mass is 10.2. The number of non-ortho nitro benzene ring substituents is 1. The third-order valence-corrected chi connectivity index (χ3v) is 4.21. The molecule has 0 bridgehead atoms. The zero-order chi connectivity index (χ0) is 14.5. The fourth-order valence-electron chi connectivity index (χ4n) is 2.73. The highest BCUT2D eigenvalue weighted by atomic mass is 35.5. The highest BCUT2D eigenvalue weighted by molar-refractivity contribution is 6.31. The summed E-state index contributed by atoms with van der Waals surface area (Å²) in [4.78, 5) is 12.8. The Hall–Kier alpha value is -1.17. The van der Waals surface area contributed by atoms with Crippen molar-refractivity contribution in [3.05, 3.63) is 38.9 Å². The van der Waals surface area contributed by atoms with Crippen molar-refractivity contribution in [1.82, 2.24) is 10.2 Å². The lowest BCUT2D eigenvalue weighted by Gasteiger charge is -2.23. The lowest BCUT2D eigenvalue weighted by Crippen LogP contribution is -2.37. The number of rotatable bonds is 6. The number of nitrogens with zero attached hydrogens (tertiary/aromatic N) is 2. The summed E-state index contributed by atoms with van der Waals surface area (Å²) in [5.41, 5.74) is 0.865. The fraction of sp³-hybridized carbons (Fsp3) is 0.571. The van der Waals surface area contributed by atoms with E-state index in [1.165, 1.54) is 25.5 Å². The molecule has 1 N–H and O–H groups in total. The predicted octanol–water partition coefficient (Wildman–Crippen LogP) is 2.82. The van der Waals surface area contributed by atoms with Gasteiger partial charge in [-0.2, -0.15) is 0 Å². The van der Waals surface area contributed by atoms with Crippen LogP contribution >= 0.6 is 11.6 Å². The molecule has 0 aliphatic carbocycles. The van der Waals surface area contributed by atoms with Crippen LogP contribution in [-0.2, 0) is 6.54 Å². The molecule has 1 atom stereocenters. The predicted molar refractivity (Wildman–Crippen MR) is 80.1 cm³/mol. The van der Waals surface area contributed by atoms with E-state index in [0.29, 0.717) is 17.6 Å². The molecular weight excluding hydrogens is 278 g/mol. The molecule has 0 spiro atoms. The molecule has 1 fully saturated rings. The summed E-state index contributed by atoms with van der Waals surface area (Å²) in [5, 5.41) is 14.7. The third kappa shape index (κ3) is 3.69. The molecule has 1 aromatic rings. The van der Waals surface area contributed by atoms with Crippen molar-refractivity contribution in [3.63, 3.8) is 0 Å². The van der Waals surface area contributed by atoms with Gasteiger partial charge in [0.05, 0.1) is 4.92 Å². The molecule has 2 rings (SSSR count). The summed E-state index contributed by atoms with van der Waals surface area (Å²) >= 11 is 6.08. The number of likely N-dealkylation sites (N-methyl/N-ethyl adjacent to an activating group) is 1. The normalized spacial score (nSPS) is 19.4. The van der Waals surface area contributed by atoms with E-state index < -0.39 is 4.92 Å². The van der Waals surface area contributed by atoms with E-state index in [0.717, 1.165) is 18.7 Å². The monoisotopic (exact) mass is 297 g/mol. The first-order valence-electron chi connectivity index (χ1n) is 6.99. The molecule has 0 amide bonds. The van der Waals surface area contributed by atoms with Gasteiger partial charge in [0.1, 0.15) is 0 Å². The molecule has 110 valence electrons. The van der Waals surface area contributed by atoms with Gasteiger partial charge in [0.25, 0.3) is 5.69 Å². The standard InChI is InChI=1S/C14H20ClN3O2/c1-2-17-7-3-4-13(17)10-16-9-11-8-12(18(19)20)5-6-14(11)15/h5-6,8,13,16H,2-4,7,9-10H2,1H3. The molecular formula is C14H20ClN3O2. The van der Waals surface area contributed by atoms with Crippen LogP contribution in [0, 0.1) is 10.1 Å². The van der Waals surface area contributed by atoms with Crippen LogP contribution in [0.5, 0.6) is 0 Å². The van der Waals surface area contributed by atoms with Gasteiger partial charge in [0.15, 0.2) is 0 Å². The Kier molecular flexibility index (Phi) is 5.34. The summed E-state index contributed by atoms with van der Waals surface area (Å²) in [6.07, 6.45) is 2.46. The van der Waals surface area contributed by atoms with Crippen LogP contribution in [0.25, 0.3) is 0 Å². The number of hydrogen-bond donors (Lipinski definition) is 1. The minimum absolute atomic E-state index is 0.0854. The molecule has 1 saturated heterocycles.